The van der Waals surface area contributed by atoms with Crippen molar-refractivity contribution < 1.29 is 10.2 Å². The highest BCUT2D eigenvalue weighted by Crippen LogP contribution is 2.33. The topological polar surface area (TPSA) is 64.9 Å². The molecule has 0 saturated heterocycles. The molecule has 0 aliphatic rings. The molecule has 0 atom stereocenters. The number of nitrogens with one attached hydrogen (secondary N) is 1. The summed E-state index contributed by atoms with van der Waals surface area (Å²) in [4.78, 5) is 0. The maximum atomic E-state index is 9.42. The number of aryl methyl sites for hydroxylation is 1. The number of rotatable bonds is 3. The van der Waals surface area contributed by atoms with Gasteiger partial charge in [0.25, 0.3) is 0 Å². The third-order valence-corrected chi connectivity index (χ3v) is 2.90. The maximum Gasteiger partial charge on any atom is 0.176 e. The van der Waals surface area contributed by atoms with E-state index in [4.69, 9.17) is 11.6 Å². The fourth-order valence-electron chi connectivity index (χ4n) is 1.55. The third kappa shape index (κ3) is 3.17. The van der Waals surface area contributed by atoms with Crippen molar-refractivity contribution in [3.05, 3.63) is 52.5 Å². The van der Waals surface area contributed by atoms with E-state index in [0.717, 1.165) is 11.3 Å². The summed E-state index contributed by atoms with van der Waals surface area (Å²) in [6.45, 7) is 1.97. The summed E-state index contributed by atoms with van der Waals surface area (Å²) in [6, 6.07) is 10.6. The lowest BCUT2D eigenvalue weighted by atomic mass is 10.2. The first kappa shape index (κ1) is 13.2. The number of hydrogen-bond donors (Lipinski definition) is 3. The van der Waals surface area contributed by atoms with E-state index < -0.39 is 0 Å². The molecule has 0 fully saturated rings. The van der Waals surface area contributed by atoms with Crippen molar-refractivity contribution in [2.45, 2.75) is 6.92 Å². The average molecular weight is 277 g/mol. The number of hydrogen-bond acceptors (Lipinski definition) is 4. The van der Waals surface area contributed by atoms with Gasteiger partial charge in [-0.25, -0.2) is 0 Å². The molecule has 98 valence electrons. The van der Waals surface area contributed by atoms with Crippen LogP contribution in [0.25, 0.3) is 0 Å². The second-order valence-corrected chi connectivity index (χ2v) is 4.46. The highest BCUT2D eigenvalue weighted by Gasteiger charge is 2.05. The fraction of sp³-hybridized carbons (Fsp3) is 0.0714. The lowest BCUT2D eigenvalue weighted by Gasteiger charge is -2.04. The average Bonchev–Trinajstić information content (AvgIpc) is 2.38. The summed E-state index contributed by atoms with van der Waals surface area (Å²) in [5.41, 5.74) is 5.45. The number of phenols is 2. The standard InChI is InChI=1S/C14H13ClN2O2/c1-9-4-2-3-5-12(9)17-16-8-10-6-11(15)14(19)13(18)7-10/h2-8,17-19H,1H3/b16-8+. The van der Waals surface area contributed by atoms with E-state index in [1.807, 2.05) is 31.2 Å². The molecule has 2 aromatic rings. The summed E-state index contributed by atoms with van der Waals surface area (Å²) in [5.74, 6) is -0.601. The van der Waals surface area contributed by atoms with Crippen LogP contribution in [0.1, 0.15) is 11.1 Å². The molecular weight excluding hydrogens is 264 g/mol. The molecule has 5 heteroatoms. The minimum atomic E-state index is -0.328. The number of anilines is 1. The second-order valence-electron chi connectivity index (χ2n) is 4.06. The van der Waals surface area contributed by atoms with Crippen LogP contribution in [0.2, 0.25) is 5.02 Å². The van der Waals surface area contributed by atoms with Crippen LogP contribution in [0.4, 0.5) is 5.69 Å². The Morgan fingerprint density at radius 1 is 1.21 bits per heavy atom. The van der Waals surface area contributed by atoms with Crippen molar-refractivity contribution in [2.24, 2.45) is 5.10 Å². The van der Waals surface area contributed by atoms with Gasteiger partial charge in [-0.05, 0) is 36.2 Å². The van der Waals surface area contributed by atoms with Gasteiger partial charge in [0.15, 0.2) is 11.5 Å². The number of aromatic hydroxyl groups is 2. The van der Waals surface area contributed by atoms with E-state index in [1.165, 1.54) is 18.3 Å². The number of phenolic OH excluding ortho intramolecular Hbond substituents is 2. The number of nitrogens with zero attached hydrogens (tertiary/aromatic N) is 1. The minimum Gasteiger partial charge on any atom is -0.504 e. The number of hydrazone groups is 1. The van der Waals surface area contributed by atoms with Gasteiger partial charge in [0.05, 0.1) is 16.9 Å². The first-order chi connectivity index (χ1) is 9.08. The van der Waals surface area contributed by atoms with Crippen molar-refractivity contribution in [3.8, 4) is 11.5 Å². The van der Waals surface area contributed by atoms with Gasteiger partial charge in [-0.1, -0.05) is 29.8 Å². The smallest absolute Gasteiger partial charge is 0.176 e. The lowest BCUT2D eigenvalue weighted by molar-refractivity contribution is 0.404. The first-order valence-electron chi connectivity index (χ1n) is 5.64. The predicted octanol–water partition coefficient (Wildman–Crippen LogP) is 3.51. The van der Waals surface area contributed by atoms with Gasteiger partial charge in [-0.3, -0.25) is 5.43 Å². The number of para-hydroxylation sites is 1. The summed E-state index contributed by atoms with van der Waals surface area (Å²) in [5, 5.41) is 22.9. The van der Waals surface area contributed by atoms with E-state index in [9.17, 15) is 10.2 Å². The van der Waals surface area contributed by atoms with Gasteiger partial charge >= 0.3 is 0 Å². The normalized spacial score (nSPS) is 10.8. The number of benzene rings is 2. The van der Waals surface area contributed by atoms with Crippen LogP contribution in [-0.2, 0) is 0 Å². The highest BCUT2D eigenvalue weighted by molar-refractivity contribution is 6.32. The van der Waals surface area contributed by atoms with Gasteiger partial charge < -0.3 is 10.2 Å². The largest absolute Gasteiger partial charge is 0.504 e. The first-order valence-corrected chi connectivity index (χ1v) is 6.02. The molecule has 3 N–H and O–H groups in total. The van der Waals surface area contributed by atoms with Crippen LogP contribution in [0.15, 0.2) is 41.5 Å². The second kappa shape index (κ2) is 5.63. The Bertz CT molecular complexity index is 604. The van der Waals surface area contributed by atoms with Crippen molar-refractivity contribution in [3.63, 3.8) is 0 Å². The van der Waals surface area contributed by atoms with Crippen LogP contribution >= 0.6 is 11.6 Å². The minimum absolute atomic E-state index is 0.0809. The van der Waals surface area contributed by atoms with Crippen LogP contribution in [0.5, 0.6) is 11.5 Å². The molecule has 0 aromatic heterocycles. The Balaban J connectivity index is 2.14. The highest BCUT2D eigenvalue weighted by atomic mass is 35.5. The maximum absolute atomic E-state index is 9.42. The molecule has 19 heavy (non-hydrogen) atoms. The van der Waals surface area contributed by atoms with Gasteiger partial charge in [-0.15, -0.1) is 0 Å². The molecule has 0 amide bonds. The van der Waals surface area contributed by atoms with E-state index in [1.54, 1.807) is 0 Å². The molecule has 0 aliphatic carbocycles. The van der Waals surface area contributed by atoms with E-state index in [0.29, 0.717) is 5.56 Å². The molecule has 4 nitrogen and oxygen atoms in total. The van der Waals surface area contributed by atoms with Gasteiger partial charge in [0, 0.05) is 0 Å². The van der Waals surface area contributed by atoms with E-state index in [-0.39, 0.29) is 16.5 Å². The van der Waals surface area contributed by atoms with Crippen LogP contribution in [-0.4, -0.2) is 16.4 Å². The number of halogens is 1. The Labute approximate surface area is 116 Å². The Morgan fingerprint density at radius 2 is 1.95 bits per heavy atom. The summed E-state index contributed by atoms with van der Waals surface area (Å²) in [7, 11) is 0. The van der Waals surface area contributed by atoms with E-state index in [2.05, 4.69) is 10.5 Å². The summed E-state index contributed by atoms with van der Waals surface area (Å²) in [6.07, 6.45) is 1.51. The molecular formula is C14H13ClN2O2. The van der Waals surface area contributed by atoms with E-state index >= 15 is 0 Å². The van der Waals surface area contributed by atoms with Crippen LogP contribution < -0.4 is 5.43 Å². The molecule has 0 radical (unpaired) electrons. The lowest BCUT2D eigenvalue weighted by Crippen LogP contribution is -1.92. The quantitative estimate of drug-likeness (QED) is 0.457. The third-order valence-electron chi connectivity index (χ3n) is 2.61. The molecule has 0 bridgehead atoms. The zero-order chi connectivity index (χ0) is 13.8. The van der Waals surface area contributed by atoms with Crippen molar-refractivity contribution in [2.75, 3.05) is 5.43 Å². The van der Waals surface area contributed by atoms with Gasteiger partial charge in [0.2, 0.25) is 0 Å². The summed E-state index contributed by atoms with van der Waals surface area (Å²) < 4.78 is 0. The van der Waals surface area contributed by atoms with Gasteiger partial charge in [0.1, 0.15) is 0 Å². The van der Waals surface area contributed by atoms with Crippen molar-refractivity contribution >= 4 is 23.5 Å². The molecule has 0 saturated carbocycles. The molecule has 0 spiro atoms. The molecule has 2 aromatic carbocycles. The monoisotopic (exact) mass is 276 g/mol. The van der Waals surface area contributed by atoms with Gasteiger partial charge in [-0.2, -0.15) is 5.10 Å². The molecule has 0 unspecified atom stereocenters. The molecule has 0 aliphatic heterocycles. The Morgan fingerprint density at radius 3 is 2.63 bits per heavy atom. The zero-order valence-corrected chi connectivity index (χ0v) is 11.0. The zero-order valence-electron chi connectivity index (χ0n) is 10.3. The molecule has 0 heterocycles. The van der Waals surface area contributed by atoms with Crippen molar-refractivity contribution in [1.29, 1.82) is 0 Å². The summed E-state index contributed by atoms with van der Waals surface area (Å²) >= 11 is 5.75. The Kier molecular flexibility index (Phi) is 3.92. The predicted molar refractivity (Wildman–Crippen MR) is 77.2 cm³/mol. The van der Waals surface area contributed by atoms with Crippen LogP contribution in [0, 0.1) is 6.92 Å². The SMILES string of the molecule is Cc1ccccc1N/N=C/c1cc(O)c(O)c(Cl)c1. The van der Waals surface area contributed by atoms with Crippen molar-refractivity contribution in [1.82, 2.24) is 0 Å². The van der Waals surface area contributed by atoms with Crippen LogP contribution in [0.3, 0.4) is 0 Å². The Hall–Kier alpha value is -2.20. The fourth-order valence-corrected chi connectivity index (χ4v) is 1.78. The molecule has 2 rings (SSSR count).